The van der Waals surface area contributed by atoms with Gasteiger partial charge < -0.3 is 10.5 Å². The summed E-state index contributed by atoms with van der Waals surface area (Å²) in [5.41, 5.74) is 5.85. The van der Waals surface area contributed by atoms with Crippen molar-refractivity contribution in [3.63, 3.8) is 0 Å². The quantitative estimate of drug-likeness (QED) is 0.765. The fraction of sp³-hybridized carbons (Fsp3) is 0.727. The number of hydrogen-bond acceptors (Lipinski definition) is 5. The first-order chi connectivity index (χ1) is 8.20. The number of carbonyl (C=O) groups excluding carboxylic acids is 1. The van der Waals surface area contributed by atoms with E-state index in [-0.39, 0.29) is 5.82 Å². The molecule has 94 valence electrons. The van der Waals surface area contributed by atoms with E-state index in [1.807, 2.05) is 0 Å². The molecule has 1 heterocycles. The van der Waals surface area contributed by atoms with E-state index >= 15 is 0 Å². The molecular formula is C11H18N4O2. The summed E-state index contributed by atoms with van der Waals surface area (Å²) >= 11 is 0. The highest BCUT2D eigenvalue weighted by Gasteiger charge is 2.24. The highest BCUT2D eigenvalue weighted by molar-refractivity contribution is 5.84. The van der Waals surface area contributed by atoms with Gasteiger partial charge in [-0.05, 0) is 32.6 Å². The van der Waals surface area contributed by atoms with Crippen molar-refractivity contribution in [2.75, 3.05) is 6.61 Å². The molecule has 0 bridgehead atoms. The number of nitrogens with zero attached hydrogens (tertiary/aromatic N) is 2. The molecule has 0 radical (unpaired) electrons. The van der Waals surface area contributed by atoms with Crippen molar-refractivity contribution in [1.82, 2.24) is 15.2 Å². The van der Waals surface area contributed by atoms with Crippen LogP contribution in [-0.4, -0.2) is 33.8 Å². The molecule has 1 aromatic rings. The number of esters is 1. The summed E-state index contributed by atoms with van der Waals surface area (Å²) in [5.74, 6) is 0.768. The van der Waals surface area contributed by atoms with E-state index in [9.17, 15) is 4.79 Å². The molecule has 2 rings (SSSR count). The van der Waals surface area contributed by atoms with Crippen LogP contribution in [0.2, 0.25) is 0 Å². The Hall–Kier alpha value is -1.43. The van der Waals surface area contributed by atoms with Gasteiger partial charge in [0.2, 0.25) is 0 Å². The Morgan fingerprint density at radius 3 is 2.82 bits per heavy atom. The lowest BCUT2D eigenvalue weighted by Gasteiger charge is -2.23. The molecule has 0 spiro atoms. The van der Waals surface area contributed by atoms with Gasteiger partial charge in [0.05, 0.1) is 6.61 Å². The normalized spacial score (nSPS) is 24.6. The Morgan fingerprint density at radius 1 is 1.47 bits per heavy atom. The molecule has 3 N–H and O–H groups in total. The first-order valence-corrected chi connectivity index (χ1v) is 6.05. The molecule has 0 aromatic carbocycles. The summed E-state index contributed by atoms with van der Waals surface area (Å²) in [6.07, 6.45) is 4.00. The van der Waals surface area contributed by atoms with Crippen LogP contribution in [0.1, 0.15) is 55.0 Å². The van der Waals surface area contributed by atoms with Crippen LogP contribution < -0.4 is 5.73 Å². The van der Waals surface area contributed by atoms with Crippen molar-refractivity contribution in [3.05, 3.63) is 11.6 Å². The van der Waals surface area contributed by atoms with Crippen LogP contribution in [0.15, 0.2) is 0 Å². The maximum absolute atomic E-state index is 11.4. The van der Waals surface area contributed by atoms with E-state index in [0.717, 1.165) is 31.5 Å². The molecule has 0 amide bonds. The fourth-order valence-corrected chi connectivity index (χ4v) is 2.14. The van der Waals surface area contributed by atoms with Crippen molar-refractivity contribution >= 4 is 5.97 Å². The number of H-pyrrole nitrogens is 1. The van der Waals surface area contributed by atoms with Crippen molar-refractivity contribution in [2.24, 2.45) is 5.73 Å². The molecule has 0 atom stereocenters. The van der Waals surface area contributed by atoms with Crippen LogP contribution in [0.25, 0.3) is 0 Å². The Morgan fingerprint density at radius 2 is 2.18 bits per heavy atom. The van der Waals surface area contributed by atoms with Gasteiger partial charge in [-0.3, -0.25) is 5.10 Å². The summed E-state index contributed by atoms with van der Waals surface area (Å²) in [6.45, 7) is 2.09. The number of aromatic nitrogens is 3. The smallest absolute Gasteiger partial charge is 0.378 e. The van der Waals surface area contributed by atoms with Crippen LogP contribution in [0.4, 0.5) is 0 Å². The lowest BCUT2D eigenvalue weighted by molar-refractivity contribution is 0.0512. The van der Waals surface area contributed by atoms with Gasteiger partial charge in [0.25, 0.3) is 5.82 Å². The SMILES string of the molecule is CCOC(=O)c1n[nH]c(C2CCC(N)CC2)n1. The summed E-state index contributed by atoms with van der Waals surface area (Å²) in [7, 11) is 0. The number of hydrogen-bond donors (Lipinski definition) is 2. The minimum Gasteiger partial charge on any atom is -0.460 e. The van der Waals surface area contributed by atoms with Crippen molar-refractivity contribution in [1.29, 1.82) is 0 Å². The topological polar surface area (TPSA) is 93.9 Å². The zero-order valence-corrected chi connectivity index (χ0v) is 9.98. The number of ether oxygens (including phenoxy) is 1. The fourth-order valence-electron chi connectivity index (χ4n) is 2.14. The lowest BCUT2D eigenvalue weighted by Crippen LogP contribution is -2.26. The third kappa shape index (κ3) is 2.82. The van der Waals surface area contributed by atoms with E-state index in [2.05, 4.69) is 15.2 Å². The van der Waals surface area contributed by atoms with Gasteiger partial charge in [-0.1, -0.05) is 0 Å². The molecule has 6 heteroatoms. The van der Waals surface area contributed by atoms with Crippen molar-refractivity contribution < 1.29 is 9.53 Å². The number of nitrogens with one attached hydrogen (secondary N) is 1. The molecule has 6 nitrogen and oxygen atoms in total. The summed E-state index contributed by atoms with van der Waals surface area (Å²) in [6, 6.07) is 0.304. The number of carbonyl (C=O) groups is 1. The van der Waals surface area contributed by atoms with Crippen LogP contribution in [-0.2, 0) is 4.74 Å². The predicted molar refractivity (Wildman–Crippen MR) is 61.5 cm³/mol. The minimum atomic E-state index is -0.470. The van der Waals surface area contributed by atoms with Crippen molar-refractivity contribution in [2.45, 2.75) is 44.6 Å². The molecule has 1 fully saturated rings. The highest BCUT2D eigenvalue weighted by Crippen LogP contribution is 2.29. The zero-order chi connectivity index (χ0) is 12.3. The van der Waals surface area contributed by atoms with Gasteiger partial charge in [0.1, 0.15) is 5.82 Å². The van der Waals surface area contributed by atoms with Gasteiger partial charge in [0, 0.05) is 12.0 Å². The van der Waals surface area contributed by atoms with E-state index in [1.54, 1.807) is 6.92 Å². The number of nitrogens with two attached hydrogens (primary N) is 1. The molecule has 17 heavy (non-hydrogen) atoms. The first kappa shape index (κ1) is 12.0. The summed E-state index contributed by atoms with van der Waals surface area (Å²) < 4.78 is 4.84. The Kier molecular flexibility index (Phi) is 3.73. The molecule has 0 saturated heterocycles. The minimum absolute atomic E-state index is 0.122. The molecule has 0 aliphatic heterocycles. The standard InChI is InChI=1S/C11H18N4O2/c1-2-17-11(16)10-13-9(14-15-10)7-3-5-8(12)6-4-7/h7-8H,2-6,12H2,1H3,(H,13,14,15). The average Bonchev–Trinajstić information content (AvgIpc) is 2.80. The molecular weight excluding hydrogens is 220 g/mol. The average molecular weight is 238 g/mol. The number of rotatable bonds is 3. The van der Waals surface area contributed by atoms with E-state index in [1.165, 1.54) is 0 Å². The molecule has 1 aliphatic rings. The number of aromatic amines is 1. The maximum Gasteiger partial charge on any atom is 0.378 e. The second kappa shape index (κ2) is 5.27. The first-order valence-electron chi connectivity index (χ1n) is 6.05. The van der Waals surface area contributed by atoms with Crippen LogP contribution in [0.3, 0.4) is 0 Å². The highest BCUT2D eigenvalue weighted by atomic mass is 16.5. The second-order valence-electron chi connectivity index (χ2n) is 4.38. The van der Waals surface area contributed by atoms with Crippen molar-refractivity contribution in [3.8, 4) is 0 Å². The van der Waals surface area contributed by atoms with E-state index in [0.29, 0.717) is 18.6 Å². The van der Waals surface area contributed by atoms with Gasteiger partial charge in [-0.15, -0.1) is 5.10 Å². The predicted octanol–water partition coefficient (Wildman–Crippen LogP) is 0.966. The second-order valence-corrected chi connectivity index (χ2v) is 4.38. The third-order valence-corrected chi connectivity index (χ3v) is 3.12. The lowest BCUT2D eigenvalue weighted by atomic mass is 9.86. The molecule has 1 aromatic heterocycles. The third-order valence-electron chi connectivity index (χ3n) is 3.12. The zero-order valence-electron chi connectivity index (χ0n) is 9.98. The van der Waals surface area contributed by atoms with Gasteiger partial charge in [-0.25, -0.2) is 9.78 Å². The molecule has 1 aliphatic carbocycles. The monoisotopic (exact) mass is 238 g/mol. The van der Waals surface area contributed by atoms with Gasteiger partial charge in [0.15, 0.2) is 0 Å². The van der Waals surface area contributed by atoms with Crippen LogP contribution in [0, 0.1) is 0 Å². The maximum atomic E-state index is 11.4. The Labute approximate surface area is 99.9 Å². The largest absolute Gasteiger partial charge is 0.460 e. The van der Waals surface area contributed by atoms with Crippen LogP contribution >= 0.6 is 0 Å². The molecule has 0 unspecified atom stereocenters. The van der Waals surface area contributed by atoms with Crippen LogP contribution in [0.5, 0.6) is 0 Å². The Bertz CT molecular complexity index is 383. The summed E-state index contributed by atoms with van der Waals surface area (Å²) in [4.78, 5) is 15.6. The Balaban J connectivity index is 2.00. The van der Waals surface area contributed by atoms with Gasteiger partial charge in [-0.2, -0.15) is 0 Å². The molecule has 1 saturated carbocycles. The van der Waals surface area contributed by atoms with E-state index < -0.39 is 5.97 Å². The van der Waals surface area contributed by atoms with E-state index in [4.69, 9.17) is 10.5 Å². The van der Waals surface area contributed by atoms with Gasteiger partial charge >= 0.3 is 5.97 Å². The summed E-state index contributed by atoms with van der Waals surface area (Å²) in [5, 5.41) is 6.71.